The molecule has 0 heterocycles. The first kappa shape index (κ1) is 18.3. The minimum Gasteiger partial charge on any atom is -0.497 e. The predicted molar refractivity (Wildman–Crippen MR) is 91.6 cm³/mol. The van der Waals surface area contributed by atoms with E-state index in [1.165, 1.54) is 12.1 Å². The molecule has 6 nitrogen and oxygen atoms in total. The second-order valence-electron chi connectivity index (χ2n) is 5.35. The van der Waals surface area contributed by atoms with Gasteiger partial charge in [-0.05, 0) is 35.4 Å². The highest BCUT2D eigenvalue weighted by molar-refractivity contribution is 7.86. The Morgan fingerprint density at radius 3 is 2.17 bits per heavy atom. The van der Waals surface area contributed by atoms with Gasteiger partial charge in [-0.15, -0.1) is 0 Å². The molecule has 1 atom stereocenters. The Hall–Kier alpha value is -2.09. The number of aliphatic hydroxyl groups excluding tert-OH is 1. The van der Waals surface area contributed by atoms with Crippen molar-refractivity contribution in [2.75, 3.05) is 19.9 Å². The van der Waals surface area contributed by atoms with Crippen molar-refractivity contribution in [2.45, 2.75) is 12.6 Å². The Bertz CT molecular complexity index is 742. The third-order valence-electron chi connectivity index (χ3n) is 3.34. The standard InChI is InChI=1S/C17H21NO5S/c1-22-15-7-3-13(4-8-15)11-18-12-17(19)14-5-9-16(10-6-14)23-24(2,20)21/h3-10,17-19H,11-12H2,1-2H3. The lowest BCUT2D eigenvalue weighted by Gasteiger charge is -2.13. The van der Waals surface area contributed by atoms with Gasteiger partial charge in [-0.3, -0.25) is 0 Å². The van der Waals surface area contributed by atoms with Crippen molar-refractivity contribution in [3.63, 3.8) is 0 Å². The van der Waals surface area contributed by atoms with Crippen LogP contribution in [0.2, 0.25) is 0 Å². The fourth-order valence-electron chi connectivity index (χ4n) is 2.13. The van der Waals surface area contributed by atoms with Crippen molar-refractivity contribution in [3.8, 4) is 11.5 Å². The number of hydrogen-bond donors (Lipinski definition) is 2. The van der Waals surface area contributed by atoms with Crippen LogP contribution >= 0.6 is 0 Å². The number of aliphatic hydroxyl groups is 1. The van der Waals surface area contributed by atoms with Crippen molar-refractivity contribution >= 4 is 10.1 Å². The molecule has 0 spiro atoms. The fourth-order valence-corrected chi connectivity index (χ4v) is 2.60. The predicted octanol–water partition coefficient (Wildman–Crippen LogP) is 1.86. The highest BCUT2D eigenvalue weighted by atomic mass is 32.2. The molecule has 7 heteroatoms. The van der Waals surface area contributed by atoms with Crippen molar-refractivity contribution in [2.24, 2.45) is 0 Å². The zero-order valence-electron chi connectivity index (χ0n) is 13.6. The molecule has 0 aliphatic rings. The van der Waals surface area contributed by atoms with E-state index in [1.807, 2.05) is 24.3 Å². The minimum atomic E-state index is -3.54. The fraction of sp³-hybridized carbons (Fsp3) is 0.294. The highest BCUT2D eigenvalue weighted by Crippen LogP contribution is 2.18. The summed E-state index contributed by atoms with van der Waals surface area (Å²) in [6.07, 6.45) is 0.286. The van der Waals surface area contributed by atoms with Crippen molar-refractivity contribution < 1.29 is 22.4 Å². The molecule has 2 aromatic carbocycles. The molecule has 0 saturated carbocycles. The lowest BCUT2D eigenvalue weighted by molar-refractivity contribution is 0.174. The lowest BCUT2D eigenvalue weighted by Crippen LogP contribution is -2.21. The minimum absolute atomic E-state index is 0.222. The molecule has 130 valence electrons. The quantitative estimate of drug-likeness (QED) is 0.706. The van der Waals surface area contributed by atoms with E-state index in [2.05, 4.69) is 5.32 Å². The maximum absolute atomic E-state index is 11.0. The van der Waals surface area contributed by atoms with E-state index in [4.69, 9.17) is 8.92 Å². The van der Waals surface area contributed by atoms with E-state index in [0.29, 0.717) is 18.7 Å². The van der Waals surface area contributed by atoms with Gasteiger partial charge >= 0.3 is 10.1 Å². The van der Waals surface area contributed by atoms with Crippen molar-refractivity contribution in [1.82, 2.24) is 5.32 Å². The zero-order valence-corrected chi connectivity index (χ0v) is 14.4. The van der Waals surface area contributed by atoms with Crippen molar-refractivity contribution in [1.29, 1.82) is 0 Å². The van der Waals surface area contributed by atoms with E-state index in [1.54, 1.807) is 19.2 Å². The van der Waals surface area contributed by atoms with Gasteiger partial charge in [-0.25, -0.2) is 0 Å². The average Bonchev–Trinajstić information content (AvgIpc) is 2.54. The van der Waals surface area contributed by atoms with Crippen LogP contribution < -0.4 is 14.2 Å². The van der Waals surface area contributed by atoms with Gasteiger partial charge in [0.2, 0.25) is 0 Å². The van der Waals surface area contributed by atoms with E-state index >= 15 is 0 Å². The average molecular weight is 351 g/mol. The largest absolute Gasteiger partial charge is 0.497 e. The summed E-state index contributed by atoms with van der Waals surface area (Å²) in [4.78, 5) is 0. The van der Waals surface area contributed by atoms with Gasteiger partial charge in [0.05, 0.1) is 19.5 Å². The van der Waals surface area contributed by atoms with Gasteiger partial charge in [0.1, 0.15) is 11.5 Å². The van der Waals surface area contributed by atoms with Gasteiger partial charge < -0.3 is 19.3 Å². The summed E-state index contributed by atoms with van der Waals surface area (Å²) in [5, 5.41) is 13.3. The SMILES string of the molecule is COc1ccc(CNCC(O)c2ccc(OS(C)(=O)=O)cc2)cc1. The molecule has 24 heavy (non-hydrogen) atoms. The van der Waals surface area contributed by atoms with Gasteiger partial charge in [0, 0.05) is 13.1 Å². The lowest BCUT2D eigenvalue weighted by atomic mass is 10.1. The van der Waals surface area contributed by atoms with E-state index in [0.717, 1.165) is 17.6 Å². The Kier molecular flexibility index (Phi) is 6.19. The molecule has 0 radical (unpaired) electrons. The molecule has 0 bridgehead atoms. The van der Waals surface area contributed by atoms with E-state index in [9.17, 15) is 13.5 Å². The van der Waals surface area contributed by atoms with Crippen LogP contribution in [0.1, 0.15) is 17.2 Å². The Labute approximate surface area is 142 Å². The van der Waals surface area contributed by atoms with Crippen LogP contribution in [0.3, 0.4) is 0 Å². The summed E-state index contributed by atoms with van der Waals surface area (Å²) in [6, 6.07) is 14.0. The number of ether oxygens (including phenoxy) is 1. The summed E-state index contributed by atoms with van der Waals surface area (Å²) >= 11 is 0. The Morgan fingerprint density at radius 1 is 1.04 bits per heavy atom. The second-order valence-corrected chi connectivity index (χ2v) is 6.93. The molecule has 0 amide bonds. The molecule has 2 N–H and O–H groups in total. The molecular formula is C17H21NO5S. The molecule has 0 aromatic heterocycles. The first-order valence-electron chi connectivity index (χ1n) is 7.38. The molecular weight excluding hydrogens is 330 g/mol. The van der Waals surface area contributed by atoms with Gasteiger partial charge in [0.15, 0.2) is 0 Å². The van der Waals surface area contributed by atoms with Crippen LogP contribution in [0.25, 0.3) is 0 Å². The summed E-state index contributed by atoms with van der Waals surface area (Å²) in [7, 11) is -1.92. The summed E-state index contributed by atoms with van der Waals surface area (Å²) in [5.74, 6) is 1.02. The maximum Gasteiger partial charge on any atom is 0.306 e. The van der Waals surface area contributed by atoms with Crippen LogP contribution in [0.15, 0.2) is 48.5 Å². The van der Waals surface area contributed by atoms with Crippen LogP contribution in [-0.2, 0) is 16.7 Å². The van der Waals surface area contributed by atoms with Crippen LogP contribution in [0, 0.1) is 0 Å². The number of nitrogens with one attached hydrogen (secondary N) is 1. The zero-order chi connectivity index (χ0) is 17.6. The van der Waals surface area contributed by atoms with E-state index < -0.39 is 16.2 Å². The number of benzene rings is 2. The van der Waals surface area contributed by atoms with Crippen molar-refractivity contribution in [3.05, 3.63) is 59.7 Å². The maximum atomic E-state index is 11.0. The van der Waals surface area contributed by atoms with E-state index in [-0.39, 0.29) is 5.75 Å². The molecule has 0 aliphatic heterocycles. The Morgan fingerprint density at radius 2 is 1.62 bits per heavy atom. The number of hydrogen-bond acceptors (Lipinski definition) is 6. The summed E-state index contributed by atoms with van der Waals surface area (Å²) in [6.45, 7) is 0.995. The normalized spacial score (nSPS) is 12.6. The van der Waals surface area contributed by atoms with Crippen LogP contribution in [0.5, 0.6) is 11.5 Å². The third kappa shape index (κ3) is 5.84. The Balaban J connectivity index is 1.84. The van der Waals surface area contributed by atoms with Gasteiger partial charge in [-0.2, -0.15) is 8.42 Å². The summed E-state index contributed by atoms with van der Waals surface area (Å²) in [5.41, 5.74) is 1.76. The molecule has 1 unspecified atom stereocenters. The molecule has 0 saturated heterocycles. The molecule has 2 aromatic rings. The second kappa shape index (κ2) is 8.14. The highest BCUT2D eigenvalue weighted by Gasteiger charge is 2.09. The molecule has 0 fully saturated rings. The summed E-state index contributed by atoms with van der Waals surface area (Å²) < 4.78 is 32.0. The number of rotatable bonds is 8. The van der Waals surface area contributed by atoms with Crippen LogP contribution in [-0.4, -0.2) is 33.4 Å². The molecule has 2 rings (SSSR count). The first-order valence-corrected chi connectivity index (χ1v) is 9.20. The van der Waals surface area contributed by atoms with Crippen LogP contribution in [0.4, 0.5) is 0 Å². The topological polar surface area (TPSA) is 84.9 Å². The first-order chi connectivity index (χ1) is 11.4. The van der Waals surface area contributed by atoms with Gasteiger partial charge in [0.25, 0.3) is 0 Å². The van der Waals surface area contributed by atoms with Gasteiger partial charge in [-0.1, -0.05) is 24.3 Å². The monoisotopic (exact) mass is 351 g/mol. The molecule has 0 aliphatic carbocycles. The number of methoxy groups -OCH3 is 1. The smallest absolute Gasteiger partial charge is 0.306 e. The third-order valence-corrected chi connectivity index (χ3v) is 3.83.